The van der Waals surface area contributed by atoms with Gasteiger partial charge in [-0.25, -0.2) is 13.1 Å². The van der Waals surface area contributed by atoms with Gasteiger partial charge in [0, 0.05) is 11.6 Å². The Morgan fingerprint density at radius 2 is 1.88 bits per heavy atom. The minimum atomic E-state index is -3.63. The van der Waals surface area contributed by atoms with E-state index in [9.17, 15) is 8.42 Å². The number of hydrogen-bond donors (Lipinski definition) is 1. The highest BCUT2D eigenvalue weighted by molar-refractivity contribution is 7.89. The van der Waals surface area contributed by atoms with Gasteiger partial charge in [0.05, 0.1) is 19.1 Å². The first-order valence-corrected chi connectivity index (χ1v) is 9.21. The average Bonchev–Trinajstić information content (AvgIpc) is 2.56. The second-order valence-electron chi connectivity index (χ2n) is 5.19. The molecule has 2 rings (SSSR count). The molecule has 2 aromatic carbocycles. The minimum absolute atomic E-state index is 0.188. The fourth-order valence-corrected chi connectivity index (χ4v) is 3.88. The van der Waals surface area contributed by atoms with E-state index in [0.29, 0.717) is 28.5 Å². The summed E-state index contributed by atoms with van der Waals surface area (Å²) in [5.41, 5.74) is 1.40. The first-order valence-electron chi connectivity index (χ1n) is 7.34. The van der Waals surface area contributed by atoms with Crippen LogP contribution in [-0.2, 0) is 16.4 Å². The summed E-state index contributed by atoms with van der Waals surface area (Å²) in [7, 11) is -0.472. The number of halogens is 1. The van der Waals surface area contributed by atoms with Gasteiger partial charge in [0.15, 0.2) is 0 Å². The lowest BCUT2D eigenvalue weighted by atomic mass is 10.1. The second-order valence-corrected chi connectivity index (χ2v) is 7.33. The van der Waals surface area contributed by atoms with Gasteiger partial charge in [-0.05, 0) is 54.8 Å². The molecule has 24 heavy (non-hydrogen) atoms. The molecule has 1 N–H and O–H groups in total. The first kappa shape index (κ1) is 18.6. The molecule has 0 heterocycles. The van der Waals surface area contributed by atoms with Gasteiger partial charge < -0.3 is 9.47 Å². The maximum absolute atomic E-state index is 12.4. The Morgan fingerprint density at radius 1 is 1.12 bits per heavy atom. The summed E-state index contributed by atoms with van der Waals surface area (Å²) in [6.07, 6.45) is 0.471. The number of nitrogens with one attached hydrogen (secondary N) is 1. The Bertz CT molecular complexity index is 821. The van der Waals surface area contributed by atoms with Crippen LogP contribution in [-0.4, -0.2) is 29.2 Å². The topological polar surface area (TPSA) is 64.6 Å². The van der Waals surface area contributed by atoms with Crippen molar-refractivity contribution >= 4 is 21.6 Å². The molecule has 0 saturated carbocycles. The zero-order valence-electron chi connectivity index (χ0n) is 13.8. The number of ether oxygens (including phenoxy) is 2. The Kier molecular flexibility index (Phi) is 6.10. The van der Waals surface area contributed by atoms with Crippen LogP contribution in [0.15, 0.2) is 41.3 Å². The third-order valence-corrected chi connectivity index (χ3v) is 5.70. The van der Waals surface area contributed by atoms with E-state index >= 15 is 0 Å². The van der Waals surface area contributed by atoms with Gasteiger partial charge in [-0.2, -0.15) is 0 Å². The van der Waals surface area contributed by atoms with Crippen molar-refractivity contribution in [2.45, 2.75) is 18.2 Å². The normalized spacial score (nSPS) is 11.3. The van der Waals surface area contributed by atoms with Crippen molar-refractivity contribution in [1.82, 2.24) is 4.72 Å². The Labute approximate surface area is 147 Å². The molecule has 0 aliphatic rings. The van der Waals surface area contributed by atoms with Gasteiger partial charge in [0.25, 0.3) is 0 Å². The molecular weight excluding hydrogens is 350 g/mol. The van der Waals surface area contributed by atoms with Crippen molar-refractivity contribution in [2.75, 3.05) is 20.8 Å². The van der Waals surface area contributed by atoms with Gasteiger partial charge in [-0.3, -0.25) is 0 Å². The maximum atomic E-state index is 12.4. The molecule has 0 saturated heterocycles. The third-order valence-electron chi connectivity index (χ3n) is 3.68. The highest BCUT2D eigenvalue weighted by atomic mass is 35.5. The molecule has 0 aliphatic carbocycles. The Morgan fingerprint density at radius 3 is 2.54 bits per heavy atom. The number of benzene rings is 2. The predicted octanol–water partition coefficient (Wildman–Crippen LogP) is 3.19. The van der Waals surface area contributed by atoms with Crippen LogP contribution in [0.1, 0.15) is 11.1 Å². The Balaban J connectivity index is 2.12. The van der Waals surface area contributed by atoms with Crippen LogP contribution in [0.25, 0.3) is 0 Å². The molecule has 0 atom stereocenters. The van der Waals surface area contributed by atoms with E-state index in [4.69, 9.17) is 21.1 Å². The number of sulfonamides is 1. The Hall–Kier alpha value is -1.76. The predicted molar refractivity (Wildman–Crippen MR) is 94.6 cm³/mol. The average molecular weight is 370 g/mol. The van der Waals surface area contributed by atoms with Crippen molar-refractivity contribution in [2.24, 2.45) is 0 Å². The van der Waals surface area contributed by atoms with Crippen molar-refractivity contribution < 1.29 is 17.9 Å². The minimum Gasteiger partial charge on any atom is -0.497 e. The molecule has 0 fully saturated rings. The summed E-state index contributed by atoms with van der Waals surface area (Å²) < 4.78 is 38.0. The molecule has 2 aromatic rings. The third kappa shape index (κ3) is 4.20. The standard InChI is InChI=1S/C17H20ClNO4S/c1-12-15(18)5-4-6-17(12)24(20,21)19-10-9-13-11-14(22-2)7-8-16(13)23-3/h4-8,11,19H,9-10H2,1-3H3. The summed E-state index contributed by atoms with van der Waals surface area (Å²) in [5, 5.41) is 0.423. The number of methoxy groups -OCH3 is 2. The van der Waals surface area contributed by atoms with E-state index in [1.807, 2.05) is 6.07 Å². The fourth-order valence-electron chi connectivity index (χ4n) is 2.35. The van der Waals surface area contributed by atoms with E-state index in [0.717, 1.165) is 5.56 Å². The van der Waals surface area contributed by atoms with E-state index in [1.165, 1.54) is 6.07 Å². The van der Waals surface area contributed by atoms with Crippen molar-refractivity contribution in [3.05, 3.63) is 52.5 Å². The van der Waals surface area contributed by atoms with E-state index in [1.54, 1.807) is 45.4 Å². The molecule has 0 radical (unpaired) electrons. The van der Waals surface area contributed by atoms with Gasteiger partial charge in [-0.15, -0.1) is 0 Å². The summed E-state index contributed by atoms with van der Waals surface area (Å²) in [5.74, 6) is 1.38. The molecule has 0 bridgehead atoms. The van der Waals surface area contributed by atoms with Crippen LogP contribution in [0.4, 0.5) is 0 Å². The highest BCUT2D eigenvalue weighted by Crippen LogP contribution is 2.25. The van der Waals surface area contributed by atoms with Crippen LogP contribution in [0.3, 0.4) is 0 Å². The first-order chi connectivity index (χ1) is 11.4. The molecule has 0 unspecified atom stereocenters. The molecule has 0 spiro atoms. The van der Waals surface area contributed by atoms with Crippen LogP contribution >= 0.6 is 11.6 Å². The van der Waals surface area contributed by atoms with E-state index in [2.05, 4.69) is 4.72 Å². The molecule has 130 valence electrons. The largest absolute Gasteiger partial charge is 0.497 e. The van der Waals surface area contributed by atoms with E-state index < -0.39 is 10.0 Å². The zero-order valence-corrected chi connectivity index (χ0v) is 15.4. The van der Waals surface area contributed by atoms with Gasteiger partial charge in [0.2, 0.25) is 10.0 Å². The van der Waals surface area contributed by atoms with Gasteiger partial charge in [-0.1, -0.05) is 17.7 Å². The van der Waals surface area contributed by atoms with Crippen molar-refractivity contribution in [3.63, 3.8) is 0 Å². The van der Waals surface area contributed by atoms with E-state index in [-0.39, 0.29) is 11.4 Å². The summed E-state index contributed by atoms with van der Waals surface area (Å²) >= 11 is 6.00. The van der Waals surface area contributed by atoms with Crippen molar-refractivity contribution in [1.29, 1.82) is 0 Å². The summed E-state index contributed by atoms with van der Waals surface area (Å²) in [6.45, 7) is 1.92. The molecule has 5 nitrogen and oxygen atoms in total. The molecule has 0 aromatic heterocycles. The molecular formula is C17H20ClNO4S. The van der Waals surface area contributed by atoms with Crippen LogP contribution in [0.5, 0.6) is 11.5 Å². The lowest BCUT2D eigenvalue weighted by Gasteiger charge is -2.12. The second kappa shape index (κ2) is 7.88. The fraction of sp³-hybridized carbons (Fsp3) is 0.294. The van der Waals surface area contributed by atoms with Crippen LogP contribution < -0.4 is 14.2 Å². The summed E-state index contributed by atoms with van der Waals surface area (Å²) in [4.78, 5) is 0.188. The molecule has 0 aliphatic heterocycles. The monoisotopic (exact) mass is 369 g/mol. The number of rotatable bonds is 7. The highest BCUT2D eigenvalue weighted by Gasteiger charge is 2.18. The van der Waals surface area contributed by atoms with Gasteiger partial charge in [0.1, 0.15) is 11.5 Å². The number of hydrogen-bond acceptors (Lipinski definition) is 4. The van der Waals surface area contributed by atoms with Crippen LogP contribution in [0, 0.1) is 6.92 Å². The SMILES string of the molecule is COc1ccc(OC)c(CCNS(=O)(=O)c2cccc(Cl)c2C)c1. The lowest BCUT2D eigenvalue weighted by molar-refractivity contribution is 0.398. The van der Waals surface area contributed by atoms with Crippen molar-refractivity contribution in [3.8, 4) is 11.5 Å². The lowest BCUT2D eigenvalue weighted by Crippen LogP contribution is -2.26. The smallest absolute Gasteiger partial charge is 0.240 e. The maximum Gasteiger partial charge on any atom is 0.240 e. The molecule has 0 amide bonds. The zero-order chi connectivity index (χ0) is 17.7. The van der Waals surface area contributed by atoms with Gasteiger partial charge >= 0.3 is 0 Å². The van der Waals surface area contributed by atoms with Crippen LogP contribution in [0.2, 0.25) is 5.02 Å². The molecule has 7 heteroatoms. The quantitative estimate of drug-likeness (QED) is 0.814. The summed E-state index contributed by atoms with van der Waals surface area (Å²) in [6, 6.07) is 10.2.